The fraction of sp³-hybridized carbons (Fsp3) is 0.333. The summed E-state index contributed by atoms with van der Waals surface area (Å²) in [5, 5.41) is 25.9. The minimum Gasteiger partial charge on any atom is -0.496 e. The van der Waals surface area contributed by atoms with Gasteiger partial charge in [-0.3, -0.25) is 19.9 Å². The number of rotatable bonds is 6. The summed E-state index contributed by atoms with van der Waals surface area (Å²) in [7, 11) is 1.70. The molecule has 2 aromatic carbocycles. The monoisotopic (exact) mass is 431 g/mol. The molecule has 1 aliphatic rings. The highest BCUT2D eigenvalue weighted by atomic mass is 16.6. The fourth-order valence-corrected chi connectivity index (χ4v) is 3.24. The van der Waals surface area contributed by atoms with E-state index in [1.54, 1.807) is 19.2 Å². The maximum absolute atomic E-state index is 11.1. The van der Waals surface area contributed by atoms with Gasteiger partial charge in [0.1, 0.15) is 5.75 Å². The molecule has 2 aromatic rings. The Balaban J connectivity index is 0.000000501. The van der Waals surface area contributed by atoms with Crippen LogP contribution in [0.3, 0.4) is 0 Å². The standard InChI is InChI=1S/C19H23N3O3.C2H2O4/c1-25-19-9-5-3-7-17(19)15-21-12-10-20(11-13-21)14-16-6-2-4-8-18(16)22(23)24;3-1(4)2(5)6/h2-9H,10-15H2,1H3;(H,3,4)(H,5,6). The molecule has 0 radical (unpaired) electrons. The van der Waals surface area contributed by atoms with Gasteiger partial charge in [0, 0.05) is 56.5 Å². The molecular weight excluding hydrogens is 406 g/mol. The third kappa shape index (κ3) is 7.36. The Bertz CT molecular complexity index is 899. The van der Waals surface area contributed by atoms with Crippen LogP contribution in [0.2, 0.25) is 0 Å². The summed E-state index contributed by atoms with van der Waals surface area (Å²) in [5.41, 5.74) is 2.18. The predicted octanol–water partition coefficient (Wildman–Crippen LogP) is 2.08. The molecule has 1 heterocycles. The van der Waals surface area contributed by atoms with Gasteiger partial charge in [0.2, 0.25) is 0 Å². The molecule has 1 fully saturated rings. The van der Waals surface area contributed by atoms with Crippen molar-refractivity contribution < 1.29 is 29.5 Å². The Kier molecular flexibility index (Phi) is 8.92. The maximum atomic E-state index is 11.1. The van der Waals surface area contributed by atoms with Gasteiger partial charge >= 0.3 is 11.9 Å². The van der Waals surface area contributed by atoms with Crippen LogP contribution in [-0.4, -0.2) is 70.2 Å². The van der Waals surface area contributed by atoms with E-state index in [0.717, 1.165) is 44.0 Å². The van der Waals surface area contributed by atoms with E-state index in [4.69, 9.17) is 24.5 Å². The quantitative estimate of drug-likeness (QED) is 0.400. The van der Waals surface area contributed by atoms with Gasteiger partial charge in [0.15, 0.2) is 0 Å². The van der Waals surface area contributed by atoms with Gasteiger partial charge in [-0.1, -0.05) is 36.4 Å². The molecule has 1 saturated heterocycles. The number of hydrogen-bond acceptors (Lipinski definition) is 7. The van der Waals surface area contributed by atoms with Crippen LogP contribution in [-0.2, 0) is 22.7 Å². The number of piperazine rings is 1. The van der Waals surface area contributed by atoms with Crippen LogP contribution in [0.25, 0.3) is 0 Å². The van der Waals surface area contributed by atoms with Crippen molar-refractivity contribution in [2.24, 2.45) is 0 Å². The SMILES string of the molecule is COc1ccccc1CN1CCN(Cc2ccccc2[N+](=O)[O-])CC1.O=C(O)C(=O)O. The number of nitro benzene ring substituents is 1. The number of benzene rings is 2. The van der Waals surface area contributed by atoms with Gasteiger partial charge in [0.25, 0.3) is 5.69 Å². The average molecular weight is 431 g/mol. The van der Waals surface area contributed by atoms with Crippen molar-refractivity contribution in [2.75, 3.05) is 33.3 Å². The zero-order valence-corrected chi connectivity index (χ0v) is 17.1. The molecule has 0 unspecified atom stereocenters. The first-order valence-electron chi connectivity index (χ1n) is 9.57. The van der Waals surface area contributed by atoms with Crippen molar-refractivity contribution in [3.63, 3.8) is 0 Å². The summed E-state index contributed by atoms with van der Waals surface area (Å²) in [5.74, 6) is -2.73. The van der Waals surface area contributed by atoms with Gasteiger partial charge in [0.05, 0.1) is 12.0 Å². The normalized spacial score (nSPS) is 14.2. The number of carbonyl (C=O) groups is 2. The molecule has 0 aliphatic carbocycles. The molecule has 0 atom stereocenters. The Morgan fingerprint density at radius 3 is 1.84 bits per heavy atom. The van der Waals surface area contributed by atoms with Crippen LogP contribution >= 0.6 is 0 Å². The molecule has 0 aromatic heterocycles. The lowest BCUT2D eigenvalue weighted by molar-refractivity contribution is -0.385. The van der Waals surface area contributed by atoms with Crippen molar-refractivity contribution in [3.8, 4) is 5.75 Å². The first-order valence-corrected chi connectivity index (χ1v) is 9.57. The summed E-state index contributed by atoms with van der Waals surface area (Å²) in [6, 6.07) is 15.1. The highest BCUT2D eigenvalue weighted by molar-refractivity contribution is 6.27. The van der Waals surface area contributed by atoms with Crippen molar-refractivity contribution in [3.05, 3.63) is 69.8 Å². The summed E-state index contributed by atoms with van der Waals surface area (Å²) in [6.07, 6.45) is 0. The lowest BCUT2D eigenvalue weighted by Crippen LogP contribution is -2.45. The molecule has 2 N–H and O–H groups in total. The van der Waals surface area contributed by atoms with E-state index in [-0.39, 0.29) is 10.6 Å². The summed E-state index contributed by atoms with van der Waals surface area (Å²) in [4.78, 5) is 33.7. The molecule has 166 valence electrons. The molecule has 0 bridgehead atoms. The number of aliphatic carboxylic acids is 2. The molecule has 3 rings (SSSR count). The van der Waals surface area contributed by atoms with Crippen molar-refractivity contribution >= 4 is 17.6 Å². The van der Waals surface area contributed by atoms with Gasteiger partial charge in [-0.2, -0.15) is 0 Å². The van der Waals surface area contributed by atoms with Crippen LogP contribution in [0.1, 0.15) is 11.1 Å². The molecule has 10 nitrogen and oxygen atoms in total. The van der Waals surface area contributed by atoms with Crippen LogP contribution < -0.4 is 4.74 Å². The lowest BCUT2D eigenvalue weighted by atomic mass is 10.1. The highest BCUT2D eigenvalue weighted by Gasteiger charge is 2.21. The first-order chi connectivity index (χ1) is 14.8. The maximum Gasteiger partial charge on any atom is 0.414 e. The van der Waals surface area contributed by atoms with Crippen LogP contribution in [0.15, 0.2) is 48.5 Å². The number of ether oxygens (including phenoxy) is 1. The van der Waals surface area contributed by atoms with E-state index in [1.165, 1.54) is 5.56 Å². The topological polar surface area (TPSA) is 133 Å². The molecule has 10 heteroatoms. The van der Waals surface area contributed by atoms with Gasteiger partial charge in [-0.25, -0.2) is 9.59 Å². The first kappa shape index (κ1) is 23.8. The zero-order valence-electron chi connectivity index (χ0n) is 17.1. The van der Waals surface area contributed by atoms with Gasteiger partial charge in [-0.15, -0.1) is 0 Å². The summed E-state index contributed by atoms with van der Waals surface area (Å²) >= 11 is 0. The van der Waals surface area contributed by atoms with Crippen LogP contribution in [0.4, 0.5) is 5.69 Å². The van der Waals surface area contributed by atoms with Gasteiger partial charge in [-0.05, 0) is 6.07 Å². The second kappa shape index (κ2) is 11.6. The Morgan fingerprint density at radius 1 is 0.903 bits per heavy atom. The molecule has 0 saturated carbocycles. The van der Waals surface area contributed by atoms with Crippen molar-refractivity contribution in [2.45, 2.75) is 13.1 Å². The molecule has 1 aliphatic heterocycles. The van der Waals surface area contributed by atoms with E-state index in [1.807, 2.05) is 30.3 Å². The lowest BCUT2D eigenvalue weighted by Gasteiger charge is -2.34. The number of carboxylic acids is 2. The Hall–Kier alpha value is -3.50. The smallest absolute Gasteiger partial charge is 0.414 e. The highest BCUT2D eigenvalue weighted by Crippen LogP contribution is 2.22. The molecule has 31 heavy (non-hydrogen) atoms. The third-order valence-electron chi connectivity index (χ3n) is 4.82. The number of carboxylic acid groups (broad SMARTS) is 2. The van der Waals surface area contributed by atoms with Crippen molar-refractivity contribution in [1.82, 2.24) is 9.80 Å². The van der Waals surface area contributed by atoms with Crippen LogP contribution in [0, 0.1) is 10.1 Å². The average Bonchev–Trinajstić information content (AvgIpc) is 2.76. The predicted molar refractivity (Wildman–Crippen MR) is 112 cm³/mol. The Morgan fingerprint density at radius 2 is 1.35 bits per heavy atom. The fourth-order valence-electron chi connectivity index (χ4n) is 3.24. The van der Waals surface area contributed by atoms with E-state index in [9.17, 15) is 10.1 Å². The largest absolute Gasteiger partial charge is 0.496 e. The van der Waals surface area contributed by atoms with Gasteiger partial charge < -0.3 is 14.9 Å². The second-order valence-corrected chi connectivity index (χ2v) is 6.86. The zero-order chi connectivity index (χ0) is 22.8. The van der Waals surface area contributed by atoms with E-state index < -0.39 is 11.9 Å². The molecule has 0 spiro atoms. The minimum atomic E-state index is -1.82. The summed E-state index contributed by atoms with van der Waals surface area (Å²) < 4.78 is 5.42. The van der Waals surface area contributed by atoms with Crippen molar-refractivity contribution in [1.29, 1.82) is 0 Å². The number of hydrogen-bond donors (Lipinski definition) is 2. The molecular formula is C21H25N3O7. The van der Waals surface area contributed by atoms with E-state index >= 15 is 0 Å². The number of para-hydroxylation sites is 2. The number of nitrogens with zero attached hydrogens (tertiary/aromatic N) is 3. The van der Waals surface area contributed by atoms with E-state index in [2.05, 4.69) is 15.9 Å². The Labute approximate surface area is 179 Å². The summed E-state index contributed by atoms with van der Waals surface area (Å²) in [6.45, 7) is 5.18. The van der Waals surface area contributed by atoms with Crippen LogP contribution in [0.5, 0.6) is 5.75 Å². The number of nitro groups is 1. The molecule has 0 amide bonds. The second-order valence-electron chi connectivity index (χ2n) is 6.86. The minimum absolute atomic E-state index is 0.207. The number of methoxy groups -OCH3 is 1. The third-order valence-corrected chi connectivity index (χ3v) is 4.82. The van der Waals surface area contributed by atoms with E-state index in [0.29, 0.717) is 6.54 Å².